The van der Waals surface area contributed by atoms with Crippen LogP contribution >= 0.6 is 11.6 Å². The number of amides is 2. The Balaban J connectivity index is 4.95. The van der Waals surface area contributed by atoms with Crippen LogP contribution in [-0.2, 0) is 0 Å². The predicted molar refractivity (Wildman–Crippen MR) is 109 cm³/mol. The summed E-state index contributed by atoms with van der Waals surface area (Å²) in [5, 5.41) is 5.76. The maximum absolute atomic E-state index is 13.3. The Morgan fingerprint density at radius 1 is 1.38 bits per heavy atom. The van der Waals surface area contributed by atoms with Crippen LogP contribution in [0, 0.1) is 5.92 Å². The third kappa shape index (κ3) is 9.42. The molecular weight excluding hydrogens is 355 g/mol. The highest BCUT2D eigenvalue weighted by molar-refractivity contribution is 6.31. The summed E-state index contributed by atoms with van der Waals surface area (Å²) in [7, 11) is 1.62. The minimum atomic E-state index is -0.630. The first-order valence-corrected chi connectivity index (χ1v) is 8.83. The van der Waals surface area contributed by atoms with E-state index in [9.17, 15) is 9.18 Å². The van der Waals surface area contributed by atoms with Crippen molar-refractivity contribution in [2.24, 2.45) is 10.9 Å². The van der Waals surface area contributed by atoms with Crippen LogP contribution in [0.5, 0.6) is 0 Å². The number of nitrogens with one attached hydrogen (secondary N) is 2. The van der Waals surface area contributed by atoms with Crippen molar-refractivity contribution in [1.29, 1.82) is 0 Å². The molecule has 0 aromatic rings. The molecule has 0 fully saturated rings. The molecule has 1 atom stereocenters. The number of nitrogens with zero attached hydrogens (tertiary/aromatic N) is 2. The van der Waals surface area contributed by atoms with Gasteiger partial charge in [0.2, 0.25) is 0 Å². The third-order valence-corrected chi connectivity index (χ3v) is 3.61. The molecule has 0 aliphatic carbocycles. The van der Waals surface area contributed by atoms with Crippen LogP contribution in [-0.4, -0.2) is 43.5 Å². The number of aliphatic imine (C=N–C) groups is 1. The lowest BCUT2D eigenvalue weighted by molar-refractivity contribution is 0.242. The van der Waals surface area contributed by atoms with Crippen molar-refractivity contribution in [1.82, 2.24) is 15.5 Å². The van der Waals surface area contributed by atoms with Gasteiger partial charge in [-0.1, -0.05) is 38.1 Å². The summed E-state index contributed by atoms with van der Waals surface area (Å²) < 4.78 is 13.3. The van der Waals surface area contributed by atoms with E-state index in [0.717, 1.165) is 5.57 Å². The molecule has 0 saturated carbocycles. The molecule has 0 bridgehead atoms. The van der Waals surface area contributed by atoms with Gasteiger partial charge < -0.3 is 15.5 Å². The topological polar surface area (TPSA) is 56.7 Å². The largest absolute Gasteiger partial charge is 0.347 e. The molecular formula is C19H30ClFN4O. The number of halogens is 2. The van der Waals surface area contributed by atoms with E-state index in [2.05, 4.69) is 22.2 Å². The average Bonchev–Trinajstić information content (AvgIpc) is 2.54. The monoisotopic (exact) mass is 384 g/mol. The van der Waals surface area contributed by atoms with Crippen molar-refractivity contribution in [2.75, 3.05) is 20.3 Å². The second kappa shape index (κ2) is 13.2. The minimum absolute atomic E-state index is 0.285. The standard InChI is InChI=1S/C19H30ClFN4O/c1-7-18(15(4)20)16(5)24-19(26)23-10-11-25(13-14(2)3)17(12-21)8-9-22-6/h7-11,14,16H,4,12-13H2,1-3,5-6H3,(H2,23,24,26)/b11-10-,17-8+,18-7+,22-9?/t16-/m1/s1. The van der Waals surface area contributed by atoms with Gasteiger partial charge in [-0.15, -0.1) is 0 Å². The first-order valence-electron chi connectivity index (χ1n) is 8.45. The van der Waals surface area contributed by atoms with Crippen LogP contribution in [0.4, 0.5) is 9.18 Å². The van der Waals surface area contributed by atoms with Gasteiger partial charge in [-0.2, -0.15) is 0 Å². The maximum Gasteiger partial charge on any atom is 0.319 e. The Labute approximate surface area is 161 Å². The number of hydrogen-bond acceptors (Lipinski definition) is 3. The van der Waals surface area contributed by atoms with E-state index in [-0.39, 0.29) is 6.04 Å². The molecule has 0 heterocycles. The Morgan fingerprint density at radius 3 is 2.50 bits per heavy atom. The number of hydrogen-bond donors (Lipinski definition) is 2. The van der Waals surface area contributed by atoms with Gasteiger partial charge in [0.1, 0.15) is 6.67 Å². The number of allylic oxidation sites excluding steroid dienone is 3. The zero-order valence-corrected chi connectivity index (χ0v) is 17.0. The summed E-state index contributed by atoms with van der Waals surface area (Å²) in [5.74, 6) is 0.314. The van der Waals surface area contributed by atoms with Gasteiger partial charge in [0.15, 0.2) is 0 Å². The van der Waals surface area contributed by atoms with E-state index < -0.39 is 12.7 Å². The molecule has 26 heavy (non-hydrogen) atoms. The van der Waals surface area contributed by atoms with Crippen LogP contribution in [0.3, 0.4) is 0 Å². The van der Waals surface area contributed by atoms with E-state index >= 15 is 0 Å². The van der Waals surface area contributed by atoms with Gasteiger partial charge >= 0.3 is 6.03 Å². The number of rotatable bonds is 10. The Bertz CT molecular complexity index is 582. The van der Waals surface area contributed by atoms with E-state index in [0.29, 0.717) is 23.2 Å². The maximum atomic E-state index is 13.3. The van der Waals surface area contributed by atoms with Crippen LogP contribution in [0.15, 0.2) is 52.4 Å². The number of alkyl halides is 1. The second-order valence-electron chi connectivity index (χ2n) is 6.05. The van der Waals surface area contributed by atoms with Crippen LogP contribution in [0.1, 0.15) is 27.7 Å². The lowest BCUT2D eigenvalue weighted by Crippen LogP contribution is -2.39. The van der Waals surface area contributed by atoms with Crippen LogP contribution < -0.4 is 10.6 Å². The first-order chi connectivity index (χ1) is 12.3. The quantitative estimate of drug-likeness (QED) is 0.434. The number of urea groups is 1. The van der Waals surface area contributed by atoms with Gasteiger partial charge in [0, 0.05) is 37.2 Å². The normalized spacial score (nSPS) is 14.2. The molecule has 0 unspecified atom stereocenters. The molecule has 0 rings (SSSR count). The predicted octanol–water partition coefficient (Wildman–Crippen LogP) is 4.36. The summed E-state index contributed by atoms with van der Waals surface area (Å²) in [6.07, 6.45) is 8.06. The second-order valence-corrected chi connectivity index (χ2v) is 6.51. The summed E-state index contributed by atoms with van der Waals surface area (Å²) in [5.41, 5.74) is 1.21. The zero-order valence-electron chi connectivity index (χ0n) is 16.2. The fourth-order valence-electron chi connectivity index (χ4n) is 2.21. The van der Waals surface area contributed by atoms with E-state index in [1.54, 1.807) is 30.3 Å². The van der Waals surface area contributed by atoms with Crippen LogP contribution in [0.2, 0.25) is 0 Å². The van der Waals surface area contributed by atoms with Gasteiger partial charge in [-0.25, -0.2) is 9.18 Å². The molecule has 2 N–H and O–H groups in total. The van der Waals surface area contributed by atoms with Crippen molar-refractivity contribution < 1.29 is 9.18 Å². The molecule has 0 aromatic carbocycles. The highest BCUT2D eigenvalue weighted by Gasteiger charge is 2.12. The Morgan fingerprint density at radius 2 is 2.04 bits per heavy atom. The van der Waals surface area contributed by atoms with Gasteiger partial charge in [-0.05, 0) is 31.4 Å². The SMILES string of the molecule is C=C(Cl)/C(=C\C)[C@@H](C)NC(=O)N/C=C\N(CC(C)C)/C(=C/C=NC)CF. The lowest BCUT2D eigenvalue weighted by Gasteiger charge is -2.24. The van der Waals surface area contributed by atoms with Gasteiger partial charge in [0.05, 0.1) is 11.7 Å². The highest BCUT2D eigenvalue weighted by Crippen LogP contribution is 2.16. The summed E-state index contributed by atoms with van der Waals surface area (Å²) in [4.78, 5) is 17.6. The molecule has 0 spiro atoms. The number of carbonyl (C=O) groups is 1. The summed E-state index contributed by atoms with van der Waals surface area (Å²) in [6.45, 7) is 11.4. The van der Waals surface area contributed by atoms with Gasteiger partial charge in [0.25, 0.3) is 0 Å². The van der Waals surface area contributed by atoms with E-state index in [1.165, 1.54) is 12.4 Å². The fraction of sp³-hybridized carbons (Fsp3) is 0.474. The molecule has 0 aromatic heterocycles. The lowest BCUT2D eigenvalue weighted by atomic mass is 10.1. The Hall–Kier alpha value is -2.08. The minimum Gasteiger partial charge on any atom is -0.347 e. The van der Waals surface area contributed by atoms with Crippen molar-refractivity contribution in [3.63, 3.8) is 0 Å². The van der Waals surface area contributed by atoms with Gasteiger partial charge in [-0.3, -0.25) is 4.99 Å². The van der Waals surface area contributed by atoms with Crippen molar-refractivity contribution in [3.05, 3.63) is 47.4 Å². The molecule has 0 aliphatic heterocycles. The van der Waals surface area contributed by atoms with Crippen LogP contribution in [0.25, 0.3) is 0 Å². The van der Waals surface area contributed by atoms with Crippen molar-refractivity contribution >= 4 is 23.8 Å². The summed E-state index contributed by atoms with van der Waals surface area (Å²) in [6, 6.07) is -0.677. The first kappa shape index (κ1) is 23.9. The molecule has 2 amide bonds. The smallest absolute Gasteiger partial charge is 0.319 e. The molecule has 146 valence electrons. The van der Waals surface area contributed by atoms with Crippen molar-refractivity contribution in [3.8, 4) is 0 Å². The number of carbonyl (C=O) groups excluding carboxylic acids is 1. The molecule has 0 radical (unpaired) electrons. The zero-order chi connectivity index (χ0) is 20.1. The molecule has 7 heteroatoms. The highest BCUT2D eigenvalue weighted by atomic mass is 35.5. The third-order valence-electron chi connectivity index (χ3n) is 3.39. The van der Waals surface area contributed by atoms with E-state index in [1.807, 2.05) is 27.7 Å². The average molecular weight is 385 g/mol. The Kier molecular flexibility index (Phi) is 12.1. The molecule has 0 saturated heterocycles. The molecule has 0 aliphatic rings. The van der Waals surface area contributed by atoms with Crippen molar-refractivity contribution in [2.45, 2.75) is 33.7 Å². The fourth-order valence-corrected chi connectivity index (χ4v) is 2.48. The molecule has 5 nitrogen and oxygen atoms in total. The van der Waals surface area contributed by atoms with E-state index in [4.69, 9.17) is 11.6 Å². The summed E-state index contributed by atoms with van der Waals surface area (Å²) >= 11 is 5.90.